The van der Waals surface area contributed by atoms with Crippen LogP contribution in [0, 0.1) is 0 Å². The molecule has 0 aliphatic carbocycles. The normalized spacial score (nSPS) is 13.6. The summed E-state index contributed by atoms with van der Waals surface area (Å²) in [6.07, 6.45) is 0.760. The Hall–Kier alpha value is -1.56. The molecular weight excluding hydrogens is 208 g/mol. The van der Waals surface area contributed by atoms with Crippen LogP contribution in [0.15, 0.2) is 6.20 Å². The van der Waals surface area contributed by atoms with Crippen LogP contribution in [0.5, 0.6) is 0 Å². The second-order valence-corrected chi connectivity index (χ2v) is 4.42. The summed E-state index contributed by atoms with van der Waals surface area (Å²) >= 11 is 0. The zero-order chi connectivity index (χ0) is 12.5. The van der Waals surface area contributed by atoms with Crippen LogP contribution in [0.2, 0.25) is 0 Å². The third-order valence-electron chi connectivity index (χ3n) is 2.66. The Labute approximate surface area is 94.4 Å². The molecule has 1 unspecified atom stereocenters. The van der Waals surface area contributed by atoms with Crippen molar-refractivity contribution >= 4 is 11.6 Å². The molecule has 1 atom stereocenters. The van der Waals surface area contributed by atoms with Crippen molar-refractivity contribution in [2.45, 2.75) is 32.4 Å². The summed E-state index contributed by atoms with van der Waals surface area (Å²) in [6.45, 7) is 5.09. The third kappa shape index (κ3) is 2.33. The number of hydrogen-bond acceptors (Lipinski definition) is 4. The van der Waals surface area contributed by atoms with Gasteiger partial charge in [0.25, 0.3) is 5.91 Å². The molecule has 1 aromatic rings. The molecule has 0 aliphatic heterocycles. The maximum atomic E-state index is 11.9. The van der Waals surface area contributed by atoms with Gasteiger partial charge in [-0.2, -0.15) is 5.10 Å². The van der Waals surface area contributed by atoms with Crippen molar-refractivity contribution in [3.05, 3.63) is 11.9 Å². The van der Waals surface area contributed by atoms with E-state index in [-0.39, 0.29) is 5.91 Å². The van der Waals surface area contributed by atoms with Crippen LogP contribution in [0.1, 0.15) is 31.3 Å². The van der Waals surface area contributed by atoms with E-state index >= 15 is 0 Å². The van der Waals surface area contributed by atoms with Crippen molar-refractivity contribution in [1.29, 1.82) is 0 Å². The maximum absolute atomic E-state index is 11.9. The van der Waals surface area contributed by atoms with Gasteiger partial charge in [-0.25, -0.2) is 0 Å². The number of nitrogens with one attached hydrogen (secondary N) is 1. The topological polar surface area (TPSA) is 93.2 Å². The zero-order valence-electron chi connectivity index (χ0n) is 9.98. The van der Waals surface area contributed by atoms with Crippen LogP contribution in [-0.2, 0) is 7.05 Å². The van der Waals surface area contributed by atoms with E-state index in [2.05, 4.69) is 10.4 Å². The number of rotatable bonds is 3. The summed E-state index contributed by atoms with van der Waals surface area (Å²) in [5, 5.41) is 16.1. The van der Waals surface area contributed by atoms with E-state index < -0.39 is 11.6 Å². The second kappa shape index (κ2) is 4.13. The lowest BCUT2D eigenvalue weighted by molar-refractivity contribution is 0.0702. The predicted octanol–water partition coefficient (Wildman–Crippen LogP) is -0.109. The summed E-state index contributed by atoms with van der Waals surface area (Å²) < 4.78 is 1.41. The Morgan fingerprint density at radius 2 is 2.25 bits per heavy atom. The average Bonchev–Trinajstić information content (AvgIpc) is 2.44. The van der Waals surface area contributed by atoms with Gasteiger partial charge in [0.1, 0.15) is 5.69 Å². The Kier molecular flexibility index (Phi) is 3.23. The number of nitrogens with two attached hydrogens (primary N) is 1. The predicted molar refractivity (Wildman–Crippen MR) is 60.8 cm³/mol. The van der Waals surface area contributed by atoms with Gasteiger partial charge in [0.05, 0.1) is 23.5 Å². The first-order valence-corrected chi connectivity index (χ1v) is 5.03. The number of carbonyl (C=O) groups is 1. The number of nitrogens with zero attached hydrogens (tertiary/aromatic N) is 2. The highest BCUT2D eigenvalue weighted by atomic mass is 16.3. The SMILES string of the molecule is CC(O)C(C)(C)NC(=O)c1c(N)cnn1C. The fraction of sp³-hybridized carbons (Fsp3) is 0.600. The first-order valence-electron chi connectivity index (χ1n) is 5.03. The lowest BCUT2D eigenvalue weighted by atomic mass is 9.98. The average molecular weight is 226 g/mol. The monoisotopic (exact) mass is 226 g/mol. The summed E-state index contributed by atoms with van der Waals surface area (Å²) in [6, 6.07) is 0. The van der Waals surface area contributed by atoms with E-state index in [4.69, 9.17) is 5.73 Å². The highest BCUT2D eigenvalue weighted by Crippen LogP contribution is 2.13. The molecule has 0 radical (unpaired) electrons. The smallest absolute Gasteiger partial charge is 0.272 e. The number of amides is 1. The Morgan fingerprint density at radius 1 is 1.69 bits per heavy atom. The molecule has 90 valence electrons. The first-order chi connectivity index (χ1) is 7.25. The molecule has 0 aliphatic rings. The summed E-state index contributed by atoms with van der Waals surface area (Å²) in [5.41, 5.74) is 5.54. The maximum Gasteiger partial charge on any atom is 0.272 e. The van der Waals surface area contributed by atoms with Gasteiger partial charge in [0, 0.05) is 7.05 Å². The van der Waals surface area contributed by atoms with Gasteiger partial charge in [0.2, 0.25) is 0 Å². The van der Waals surface area contributed by atoms with Crippen molar-refractivity contribution in [2.24, 2.45) is 7.05 Å². The summed E-state index contributed by atoms with van der Waals surface area (Å²) in [4.78, 5) is 11.9. The van der Waals surface area contributed by atoms with Gasteiger partial charge < -0.3 is 16.2 Å². The van der Waals surface area contributed by atoms with E-state index in [0.29, 0.717) is 11.4 Å². The molecule has 6 nitrogen and oxygen atoms in total. The molecule has 1 heterocycles. The number of aromatic nitrogens is 2. The van der Waals surface area contributed by atoms with Crippen molar-refractivity contribution in [3.63, 3.8) is 0 Å². The number of hydrogen-bond donors (Lipinski definition) is 3. The van der Waals surface area contributed by atoms with E-state index in [1.807, 2.05) is 0 Å². The van der Waals surface area contributed by atoms with E-state index in [1.165, 1.54) is 10.9 Å². The Bertz CT molecular complexity index is 376. The van der Waals surface area contributed by atoms with Crippen molar-refractivity contribution in [3.8, 4) is 0 Å². The highest BCUT2D eigenvalue weighted by Gasteiger charge is 2.28. The lowest BCUT2D eigenvalue weighted by Crippen LogP contribution is -2.51. The van der Waals surface area contributed by atoms with Crippen LogP contribution < -0.4 is 11.1 Å². The third-order valence-corrected chi connectivity index (χ3v) is 2.66. The molecule has 0 fully saturated rings. The fourth-order valence-electron chi connectivity index (χ4n) is 1.19. The minimum atomic E-state index is -0.714. The summed E-state index contributed by atoms with van der Waals surface area (Å²) in [7, 11) is 1.64. The minimum Gasteiger partial charge on any atom is -0.396 e. The molecule has 1 amide bonds. The van der Waals surface area contributed by atoms with Crippen LogP contribution in [0.25, 0.3) is 0 Å². The van der Waals surface area contributed by atoms with E-state index in [9.17, 15) is 9.90 Å². The largest absolute Gasteiger partial charge is 0.396 e. The van der Waals surface area contributed by atoms with Crippen molar-refractivity contribution in [2.75, 3.05) is 5.73 Å². The molecular formula is C10H18N4O2. The Morgan fingerprint density at radius 3 is 2.62 bits per heavy atom. The lowest BCUT2D eigenvalue weighted by Gasteiger charge is -2.29. The van der Waals surface area contributed by atoms with Gasteiger partial charge in [-0.05, 0) is 20.8 Å². The number of anilines is 1. The van der Waals surface area contributed by atoms with E-state index in [1.54, 1.807) is 27.8 Å². The molecule has 6 heteroatoms. The molecule has 16 heavy (non-hydrogen) atoms. The quantitative estimate of drug-likeness (QED) is 0.670. The van der Waals surface area contributed by atoms with Crippen LogP contribution >= 0.6 is 0 Å². The van der Waals surface area contributed by atoms with Gasteiger partial charge in [-0.1, -0.05) is 0 Å². The number of aryl methyl sites for hydroxylation is 1. The molecule has 0 spiro atoms. The molecule has 0 saturated heterocycles. The Balaban J connectivity index is 2.89. The van der Waals surface area contributed by atoms with Gasteiger partial charge in [-0.15, -0.1) is 0 Å². The van der Waals surface area contributed by atoms with Crippen molar-refractivity contribution < 1.29 is 9.90 Å². The fourth-order valence-corrected chi connectivity index (χ4v) is 1.19. The molecule has 4 N–H and O–H groups in total. The zero-order valence-corrected chi connectivity index (χ0v) is 9.98. The molecule has 1 rings (SSSR count). The number of aliphatic hydroxyl groups excluding tert-OH is 1. The van der Waals surface area contributed by atoms with Crippen molar-refractivity contribution in [1.82, 2.24) is 15.1 Å². The summed E-state index contributed by atoms with van der Waals surface area (Å²) in [5.74, 6) is -0.344. The van der Waals surface area contributed by atoms with Gasteiger partial charge in [-0.3, -0.25) is 9.48 Å². The number of aliphatic hydroxyl groups is 1. The van der Waals surface area contributed by atoms with Crippen LogP contribution in [0.4, 0.5) is 5.69 Å². The molecule has 1 aromatic heterocycles. The number of nitrogen functional groups attached to an aromatic ring is 1. The molecule has 0 bridgehead atoms. The second-order valence-electron chi connectivity index (χ2n) is 4.42. The first kappa shape index (κ1) is 12.5. The van der Waals surface area contributed by atoms with Crippen LogP contribution in [-0.4, -0.2) is 32.4 Å². The van der Waals surface area contributed by atoms with Crippen LogP contribution in [0.3, 0.4) is 0 Å². The number of carbonyl (C=O) groups excluding carboxylic acids is 1. The molecule has 0 aromatic carbocycles. The molecule has 0 saturated carbocycles. The van der Waals surface area contributed by atoms with Gasteiger partial charge >= 0.3 is 0 Å². The van der Waals surface area contributed by atoms with E-state index in [0.717, 1.165) is 0 Å². The highest BCUT2D eigenvalue weighted by molar-refractivity contribution is 5.97. The minimum absolute atomic E-state index is 0.300. The van der Waals surface area contributed by atoms with Gasteiger partial charge in [0.15, 0.2) is 0 Å². The standard InChI is InChI=1S/C10H18N4O2/c1-6(15)10(2,3)13-9(16)8-7(11)5-12-14(8)4/h5-6,15H,11H2,1-4H3,(H,13,16).